The van der Waals surface area contributed by atoms with Crippen LogP contribution in [0.25, 0.3) is 0 Å². The van der Waals surface area contributed by atoms with Crippen LogP contribution in [0, 0.1) is 0 Å². The zero-order valence-electron chi connectivity index (χ0n) is 17.3. The van der Waals surface area contributed by atoms with Crippen LogP contribution in [0.4, 0.5) is 5.13 Å². The molecule has 0 bridgehead atoms. The lowest BCUT2D eigenvalue weighted by atomic mass is 10.1. The highest BCUT2D eigenvalue weighted by Gasteiger charge is 2.25. The molecule has 0 fully saturated rings. The number of nitrogens with zero attached hydrogens (tertiary/aromatic N) is 3. The number of hydrogen-bond acceptors (Lipinski definition) is 8. The number of hydrogen-bond donors (Lipinski definition) is 1. The van der Waals surface area contributed by atoms with E-state index in [0.29, 0.717) is 35.8 Å². The Bertz CT molecular complexity index is 989. The maximum atomic E-state index is 12.9. The molecule has 30 heavy (non-hydrogen) atoms. The number of aromatic nitrogens is 2. The molecule has 2 aromatic rings. The van der Waals surface area contributed by atoms with E-state index in [1.165, 1.54) is 30.5 Å². The molecule has 0 spiro atoms. The number of anilines is 1. The van der Waals surface area contributed by atoms with Gasteiger partial charge in [-0.25, -0.2) is 8.42 Å². The summed E-state index contributed by atoms with van der Waals surface area (Å²) in [5.74, 6) is 0.712. The third-order valence-corrected chi connectivity index (χ3v) is 7.62. The lowest BCUT2D eigenvalue weighted by Crippen LogP contribution is -2.35. The molecule has 2 heterocycles. The average molecular weight is 455 g/mol. The van der Waals surface area contributed by atoms with Gasteiger partial charge in [0.2, 0.25) is 21.1 Å². The minimum Gasteiger partial charge on any atom is -0.490 e. The first kappa shape index (κ1) is 22.4. The smallest absolute Gasteiger partial charge is 0.243 e. The summed E-state index contributed by atoms with van der Waals surface area (Å²) in [4.78, 5) is 12.4. The van der Waals surface area contributed by atoms with Crippen molar-refractivity contribution in [1.82, 2.24) is 14.5 Å². The first-order valence-electron chi connectivity index (χ1n) is 9.84. The molecule has 1 N–H and O–H groups in total. The van der Waals surface area contributed by atoms with E-state index in [1.807, 2.05) is 0 Å². The molecule has 1 aliphatic heterocycles. The molecule has 0 atom stereocenters. The monoisotopic (exact) mass is 454 g/mol. The zero-order valence-corrected chi connectivity index (χ0v) is 18.9. The van der Waals surface area contributed by atoms with Gasteiger partial charge in [0, 0.05) is 25.5 Å². The van der Waals surface area contributed by atoms with E-state index in [4.69, 9.17) is 9.47 Å². The van der Waals surface area contributed by atoms with Crippen LogP contribution in [0.1, 0.15) is 44.0 Å². The standard InChI is InChI=1S/C19H26N4O5S2/c1-4-13(5-2)18-21-22-19(29-18)20-17(24)12-23(3)30(25,26)14-7-8-15-16(11-14)28-10-6-9-27-15/h7-8,11,13H,4-6,9-10,12H2,1-3H3,(H,20,22,24). The molecule has 1 aromatic carbocycles. The van der Waals surface area contributed by atoms with Crippen LogP contribution in [0.3, 0.4) is 0 Å². The molecule has 1 aliphatic rings. The van der Waals surface area contributed by atoms with Gasteiger partial charge in [0.25, 0.3) is 0 Å². The number of fused-ring (bicyclic) bond motifs is 1. The molecule has 0 saturated carbocycles. The number of rotatable bonds is 8. The second kappa shape index (κ2) is 9.71. The quantitative estimate of drug-likeness (QED) is 0.653. The van der Waals surface area contributed by atoms with E-state index >= 15 is 0 Å². The lowest BCUT2D eigenvalue weighted by Gasteiger charge is -2.17. The zero-order chi connectivity index (χ0) is 21.7. The van der Waals surface area contributed by atoms with Crippen molar-refractivity contribution in [3.05, 3.63) is 23.2 Å². The molecule has 0 unspecified atom stereocenters. The number of carbonyl (C=O) groups excluding carboxylic acids is 1. The highest BCUT2D eigenvalue weighted by atomic mass is 32.2. The molecule has 0 radical (unpaired) electrons. The van der Waals surface area contributed by atoms with E-state index in [1.54, 1.807) is 6.07 Å². The fraction of sp³-hybridized carbons (Fsp3) is 0.526. The van der Waals surface area contributed by atoms with Crippen molar-refractivity contribution in [1.29, 1.82) is 0 Å². The topological polar surface area (TPSA) is 111 Å². The molecular formula is C19H26N4O5S2. The van der Waals surface area contributed by atoms with Crippen LogP contribution in [0.2, 0.25) is 0 Å². The van der Waals surface area contributed by atoms with Gasteiger partial charge in [-0.05, 0) is 25.0 Å². The molecule has 164 valence electrons. The van der Waals surface area contributed by atoms with Crippen LogP contribution in [-0.4, -0.2) is 55.6 Å². The van der Waals surface area contributed by atoms with Gasteiger partial charge < -0.3 is 9.47 Å². The summed E-state index contributed by atoms with van der Waals surface area (Å²) in [7, 11) is -2.53. The molecule has 3 rings (SSSR count). The number of likely N-dealkylation sites (N-methyl/N-ethyl adjacent to an activating group) is 1. The van der Waals surface area contributed by atoms with Crippen LogP contribution >= 0.6 is 11.3 Å². The first-order chi connectivity index (χ1) is 14.3. The second-order valence-electron chi connectivity index (χ2n) is 6.93. The third kappa shape index (κ3) is 5.08. The fourth-order valence-electron chi connectivity index (χ4n) is 3.02. The van der Waals surface area contributed by atoms with Gasteiger partial charge in [0.05, 0.1) is 24.7 Å². The summed E-state index contributed by atoms with van der Waals surface area (Å²) in [6, 6.07) is 4.45. The number of carbonyl (C=O) groups is 1. The first-order valence-corrected chi connectivity index (χ1v) is 12.1. The normalized spacial score (nSPS) is 14.0. The summed E-state index contributed by atoms with van der Waals surface area (Å²) < 4.78 is 37.9. The molecule has 0 saturated heterocycles. The molecule has 11 heteroatoms. The van der Waals surface area contributed by atoms with Crippen molar-refractivity contribution in [2.75, 3.05) is 32.1 Å². The lowest BCUT2D eigenvalue weighted by molar-refractivity contribution is -0.116. The van der Waals surface area contributed by atoms with Gasteiger partial charge in [-0.2, -0.15) is 4.31 Å². The van der Waals surface area contributed by atoms with Crippen LogP contribution < -0.4 is 14.8 Å². The highest BCUT2D eigenvalue weighted by Crippen LogP contribution is 2.33. The van der Waals surface area contributed by atoms with Gasteiger partial charge in [-0.15, -0.1) is 10.2 Å². The Kier molecular flexibility index (Phi) is 7.27. The van der Waals surface area contributed by atoms with E-state index in [9.17, 15) is 13.2 Å². The summed E-state index contributed by atoms with van der Waals surface area (Å²) in [5, 5.41) is 12.0. The van der Waals surface area contributed by atoms with Gasteiger partial charge in [0.15, 0.2) is 11.5 Å². The van der Waals surface area contributed by atoms with Crippen molar-refractivity contribution in [3.63, 3.8) is 0 Å². The Morgan fingerprint density at radius 3 is 2.60 bits per heavy atom. The minimum atomic E-state index is -3.88. The Hall–Kier alpha value is -2.24. The SMILES string of the molecule is CCC(CC)c1nnc(NC(=O)CN(C)S(=O)(=O)c2ccc3c(c2)OCCCO3)s1. The Labute approximate surface area is 180 Å². The number of benzene rings is 1. The van der Waals surface area contributed by atoms with Gasteiger partial charge in [-0.1, -0.05) is 25.2 Å². The number of sulfonamides is 1. The number of nitrogens with one attached hydrogen (secondary N) is 1. The Balaban J connectivity index is 1.66. The predicted octanol–water partition coefficient (Wildman–Crippen LogP) is 2.86. The highest BCUT2D eigenvalue weighted by molar-refractivity contribution is 7.89. The summed E-state index contributed by atoms with van der Waals surface area (Å²) in [6.45, 7) is 4.77. The minimum absolute atomic E-state index is 0.0361. The van der Waals surface area contributed by atoms with E-state index < -0.39 is 15.9 Å². The summed E-state index contributed by atoms with van der Waals surface area (Å²) in [5.41, 5.74) is 0. The molecule has 1 amide bonds. The van der Waals surface area contributed by atoms with Crippen LogP contribution in [-0.2, 0) is 14.8 Å². The van der Waals surface area contributed by atoms with Gasteiger partial charge >= 0.3 is 0 Å². The largest absolute Gasteiger partial charge is 0.490 e. The summed E-state index contributed by atoms with van der Waals surface area (Å²) >= 11 is 1.31. The molecular weight excluding hydrogens is 428 g/mol. The van der Waals surface area contributed by atoms with Crippen molar-refractivity contribution >= 4 is 32.4 Å². The molecule has 9 nitrogen and oxygen atoms in total. The van der Waals surface area contributed by atoms with Gasteiger partial charge in [-0.3, -0.25) is 10.1 Å². The van der Waals surface area contributed by atoms with Gasteiger partial charge in [0.1, 0.15) is 5.01 Å². The van der Waals surface area contributed by atoms with E-state index in [-0.39, 0.29) is 11.4 Å². The second-order valence-corrected chi connectivity index (χ2v) is 9.98. The van der Waals surface area contributed by atoms with Crippen LogP contribution in [0.5, 0.6) is 11.5 Å². The van der Waals surface area contributed by atoms with Crippen molar-refractivity contribution < 1.29 is 22.7 Å². The maximum Gasteiger partial charge on any atom is 0.243 e. The van der Waals surface area contributed by atoms with Crippen molar-refractivity contribution in [2.24, 2.45) is 0 Å². The maximum absolute atomic E-state index is 12.9. The Morgan fingerprint density at radius 1 is 1.20 bits per heavy atom. The van der Waals surface area contributed by atoms with E-state index in [2.05, 4.69) is 29.4 Å². The summed E-state index contributed by atoms with van der Waals surface area (Å²) in [6.07, 6.45) is 2.60. The number of ether oxygens (including phenoxy) is 2. The van der Waals surface area contributed by atoms with Crippen LogP contribution in [0.15, 0.2) is 23.1 Å². The average Bonchev–Trinajstić information content (AvgIpc) is 3.03. The third-order valence-electron chi connectivity index (χ3n) is 4.82. The molecule has 1 aromatic heterocycles. The van der Waals surface area contributed by atoms with Crippen molar-refractivity contribution in [3.8, 4) is 11.5 Å². The number of amides is 1. The fourth-order valence-corrected chi connectivity index (χ4v) is 5.19. The van der Waals surface area contributed by atoms with Crippen molar-refractivity contribution in [2.45, 2.75) is 43.9 Å². The molecule has 0 aliphatic carbocycles. The Morgan fingerprint density at radius 2 is 1.90 bits per heavy atom. The van der Waals surface area contributed by atoms with E-state index in [0.717, 1.165) is 28.6 Å². The predicted molar refractivity (Wildman–Crippen MR) is 114 cm³/mol.